The molecule has 1 aliphatic rings. The van der Waals surface area contributed by atoms with Crippen molar-refractivity contribution in [3.05, 3.63) is 59.9 Å². The minimum absolute atomic E-state index is 0.255. The van der Waals surface area contributed by atoms with E-state index >= 15 is 0 Å². The first-order chi connectivity index (χ1) is 16.5. The van der Waals surface area contributed by atoms with Gasteiger partial charge in [0.2, 0.25) is 5.75 Å². The molecule has 0 saturated heterocycles. The fraction of sp³-hybridized carbons (Fsp3) is 0.320. The lowest BCUT2D eigenvalue weighted by Crippen LogP contribution is -2.44. The van der Waals surface area contributed by atoms with Gasteiger partial charge in [-0.25, -0.2) is 4.79 Å². The molecular formula is C25H29N3O6. The third kappa shape index (κ3) is 4.16. The van der Waals surface area contributed by atoms with E-state index in [0.717, 1.165) is 11.3 Å². The molecule has 180 valence electrons. The Hall–Kier alpha value is -4.01. The molecule has 0 unspecified atom stereocenters. The van der Waals surface area contributed by atoms with Crippen molar-refractivity contribution >= 4 is 11.7 Å². The third-order valence-corrected chi connectivity index (χ3v) is 5.95. The van der Waals surface area contributed by atoms with Gasteiger partial charge >= 0.3 is 6.03 Å². The van der Waals surface area contributed by atoms with E-state index in [2.05, 4.69) is 9.88 Å². The summed E-state index contributed by atoms with van der Waals surface area (Å²) in [5.41, 5.74) is 2.38. The molecule has 2 aromatic carbocycles. The number of nitrogens with one attached hydrogen (secondary N) is 1. The summed E-state index contributed by atoms with van der Waals surface area (Å²) in [6, 6.07) is 12.4. The molecule has 9 nitrogen and oxygen atoms in total. The van der Waals surface area contributed by atoms with Gasteiger partial charge in [0.25, 0.3) is 0 Å². The molecule has 0 spiro atoms. The van der Waals surface area contributed by atoms with Gasteiger partial charge in [-0.2, -0.15) is 0 Å². The highest BCUT2D eigenvalue weighted by Crippen LogP contribution is 2.43. The normalized spacial score (nSPS) is 14.7. The van der Waals surface area contributed by atoms with Crippen LogP contribution in [-0.4, -0.2) is 57.6 Å². The number of carbonyl (C=O) groups excluding carboxylic acids is 1. The van der Waals surface area contributed by atoms with Gasteiger partial charge in [0.1, 0.15) is 11.5 Å². The molecule has 2 amide bonds. The van der Waals surface area contributed by atoms with Crippen LogP contribution in [0.3, 0.4) is 0 Å². The molecule has 1 atom stereocenters. The second kappa shape index (κ2) is 9.86. The monoisotopic (exact) mass is 467 g/mol. The van der Waals surface area contributed by atoms with E-state index < -0.39 is 0 Å². The van der Waals surface area contributed by atoms with Crippen LogP contribution in [0.15, 0.2) is 48.7 Å². The van der Waals surface area contributed by atoms with Crippen LogP contribution in [0.2, 0.25) is 0 Å². The van der Waals surface area contributed by atoms with Crippen LogP contribution >= 0.6 is 0 Å². The molecule has 0 radical (unpaired) electrons. The molecule has 2 heterocycles. The predicted octanol–water partition coefficient (Wildman–Crippen LogP) is 4.17. The number of amides is 2. The van der Waals surface area contributed by atoms with Crippen molar-refractivity contribution in [2.45, 2.75) is 12.6 Å². The molecular weight excluding hydrogens is 438 g/mol. The number of hydrogen-bond donors (Lipinski definition) is 1. The molecule has 1 N–H and O–H groups in total. The number of ether oxygens (including phenoxy) is 5. The number of methoxy groups -OCH3 is 5. The lowest BCUT2D eigenvalue weighted by molar-refractivity contribution is 0.181. The van der Waals surface area contributed by atoms with Crippen molar-refractivity contribution in [3.8, 4) is 28.7 Å². The highest BCUT2D eigenvalue weighted by Gasteiger charge is 2.34. The summed E-state index contributed by atoms with van der Waals surface area (Å²) in [5.74, 6) is 2.70. The smallest absolute Gasteiger partial charge is 0.322 e. The summed E-state index contributed by atoms with van der Waals surface area (Å²) in [7, 11) is 7.85. The van der Waals surface area contributed by atoms with Crippen LogP contribution in [0.1, 0.15) is 17.3 Å². The van der Waals surface area contributed by atoms with Crippen LogP contribution in [0.25, 0.3) is 0 Å². The second-order valence-corrected chi connectivity index (χ2v) is 7.68. The number of fused-ring (bicyclic) bond motifs is 1. The van der Waals surface area contributed by atoms with E-state index in [4.69, 9.17) is 23.7 Å². The molecule has 4 rings (SSSR count). The molecule has 34 heavy (non-hydrogen) atoms. The molecule has 0 aliphatic carbocycles. The summed E-state index contributed by atoms with van der Waals surface area (Å²) in [5, 5.41) is 2.99. The zero-order chi connectivity index (χ0) is 24.2. The Morgan fingerprint density at radius 1 is 0.853 bits per heavy atom. The first kappa shape index (κ1) is 23.2. The fourth-order valence-electron chi connectivity index (χ4n) is 4.30. The van der Waals surface area contributed by atoms with Crippen LogP contribution in [0.5, 0.6) is 28.7 Å². The molecule has 1 aliphatic heterocycles. The summed E-state index contributed by atoms with van der Waals surface area (Å²) in [6.45, 7) is 1.18. The van der Waals surface area contributed by atoms with E-state index in [1.807, 2.05) is 30.5 Å². The Balaban J connectivity index is 1.74. The minimum Gasteiger partial charge on any atom is -0.497 e. The van der Waals surface area contributed by atoms with Gasteiger partial charge in [0, 0.05) is 31.0 Å². The minimum atomic E-state index is -0.373. The van der Waals surface area contributed by atoms with Crippen LogP contribution < -0.4 is 29.0 Å². The van der Waals surface area contributed by atoms with Crippen molar-refractivity contribution in [3.63, 3.8) is 0 Å². The fourth-order valence-corrected chi connectivity index (χ4v) is 4.30. The Morgan fingerprint density at radius 3 is 2.18 bits per heavy atom. The van der Waals surface area contributed by atoms with Crippen LogP contribution in [0, 0.1) is 0 Å². The van der Waals surface area contributed by atoms with Crippen molar-refractivity contribution in [1.82, 2.24) is 9.47 Å². The first-order valence-electron chi connectivity index (χ1n) is 10.8. The van der Waals surface area contributed by atoms with Gasteiger partial charge in [-0.15, -0.1) is 0 Å². The zero-order valence-corrected chi connectivity index (χ0v) is 20.0. The number of urea groups is 1. The van der Waals surface area contributed by atoms with Crippen molar-refractivity contribution < 1.29 is 28.5 Å². The first-order valence-corrected chi connectivity index (χ1v) is 10.8. The number of aromatic nitrogens is 1. The third-order valence-electron chi connectivity index (χ3n) is 5.95. The van der Waals surface area contributed by atoms with Crippen molar-refractivity contribution in [1.29, 1.82) is 0 Å². The highest BCUT2D eigenvalue weighted by molar-refractivity contribution is 5.91. The molecule has 0 bridgehead atoms. The molecule has 9 heteroatoms. The van der Waals surface area contributed by atoms with E-state index in [0.29, 0.717) is 47.5 Å². The number of rotatable bonds is 7. The van der Waals surface area contributed by atoms with Gasteiger partial charge in [0.05, 0.1) is 47.3 Å². The maximum absolute atomic E-state index is 13.6. The van der Waals surface area contributed by atoms with Crippen LogP contribution in [0.4, 0.5) is 10.5 Å². The summed E-state index contributed by atoms with van der Waals surface area (Å²) in [4.78, 5) is 15.4. The Kier molecular flexibility index (Phi) is 6.72. The highest BCUT2D eigenvalue weighted by atomic mass is 16.5. The average Bonchev–Trinajstić information content (AvgIpc) is 3.36. The quantitative estimate of drug-likeness (QED) is 0.562. The number of benzene rings is 2. The van der Waals surface area contributed by atoms with Gasteiger partial charge in [-0.3, -0.25) is 0 Å². The number of nitrogens with zero attached hydrogens (tertiary/aromatic N) is 2. The number of hydrogen-bond acceptors (Lipinski definition) is 6. The predicted molar refractivity (Wildman–Crippen MR) is 128 cm³/mol. The van der Waals surface area contributed by atoms with Gasteiger partial charge < -0.3 is 38.5 Å². The summed E-state index contributed by atoms with van der Waals surface area (Å²) in [6.07, 6.45) is 2.02. The average molecular weight is 468 g/mol. The molecule has 1 aromatic heterocycles. The summed E-state index contributed by atoms with van der Waals surface area (Å²) >= 11 is 0. The second-order valence-electron chi connectivity index (χ2n) is 7.68. The topological polar surface area (TPSA) is 83.4 Å². The lowest BCUT2D eigenvalue weighted by atomic mass is 9.99. The maximum Gasteiger partial charge on any atom is 0.322 e. The molecule has 0 saturated carbocycles. The standard InChI is InChI=1S/C25H29N3O6/c1-30-17-8-9-18(20(15-17)31-2)26-25(29)28-12-11-27-10-6-7-19(27)23(28)16-13-21(32-3)24(34-5)22(14-16)33-4/h6-10,13-15,23H,11-12H2,1-5H3,(H,26,29)/t23-/m1/s1. The van der Waals surface area contributed by atoms with E-state index in [1.54, 1.807) is 58.6 Å². The van der Waals surface area contributed by atoms with Crippen molar-refractivity contribution in [2.24, 2.45) is 0 Å². The number of anilines is 1. The van der Waals surface area contributed by atoms with Crippen molar-refractivity contribution in [2.75, 3.05) is 47.4 Å². The number of carbonyl (C=O) groups is 1. The largest absolute Gasteiger partial charge is 0.497 e. The SMILES string of the molecule is COc1ccc(NC(=O)N2CCn3cccc3[C@H]2c2cc(OC)c(OC)c(OC)c2)c(OC)c1. The van der Waals surface area contributed by atoms with E-state index in [-0.39, 0.29) is 12.1 Å². The van der Waals surface area contributed by atoms with Gasteiger partial charge in [0.15, 0.2) is 11.5 Å². The van der Waals surface area contributed by atoms with E-state index in [1.165, 1.54) is 0 Å². The zero-order valence-electron chi connectivity index (χ0n) is 20.0. The Bertz CT molecular complexity index is 1150. The van der Waals surface area contributed by atoms with E-state index in [9.17, 15) is 4.79 Å². The Morgan fingerprint density at radius 2 is 1.56 bits per heavy atom. The van der Waals surface area contributed by atoms with Gasteiger partial charge in [-0.05, 0) is 42.0 Å². The summed E-state index contributed by atoms with van der Waals surface area (Å²) < 4.78 is 29.5. The molecule has 3 aromatic rings. The lowest BCUT2D eigenvalue weighted by Gasteiger charge is -2.37. The maximum atomic E-state index is 13.6. The van der Waals surface area contributed by atoms with Gasteiger partial charge in [-0.1, -0.05) is 0 Å². The Labute approximate surface area is 198 Å². The molecule has 0 fully saturated rings. The van der Waals surface area contributed by atoms with Crippen LogP contribution in [-0.2, 0) is 6.54 Å².